The predicted octanol–water partition coefficient (Wildman–Crippen LogP) is 1.04. The first-order valence-electron chi connectivity index (χ1n) is 4.31. The van der Waals surface area contributed by atoms with Crippen molar-refractivity contribution in [2.24, 2.45) is 12.8 Å². The standard InChI is InChI=1S/C9H16FN3/c1-9(2,11)8(10)6-7-4-5-13(3)12-7/h4-5,8H,6,11H2,1-3H3. The lowest BCUT2D eigenvalue weighted by Crippen LogP contribution is -2.43. The summed E-state index contributed by atoms with van der Waals surface area (Å²) in [5, 5.41) is 4.09. The lowest BCUT2D eigenvalue weighted by Gasteiger charge is -2.22. The van der Waals surface area contributed by atoms with E-state index >= 15 is 0 Å². The van der Waals surface area contributed by atoms with Crippen LogP contribution in [0, 0.1) is 0 Å². The van der Waals surface area contributed by atoms with Gasteiger partial charge in [-0.1, -0.05) is 0 Å². The molecule has 0 aromatic carbocycles. The third-order valence-corrected chi connectivity index (χ3v) is 1.96. The maximum absolute atomic E-state index is 13.4. The van der Waals surface area contributed by atoms with E-state index < -0.39 is 11.7 Å². The van der Waals surface area contributed by atoms with Crippen LogP contribution in [0.5, 0.6) is 0 Å². The lowest BCUT2D eigenvalue weighted by molar-refractivity contribution is 0.216. The molecule has 1 aromatic rings. The molecule has 4 heteroatoms. The quantitative estimate of drug-likeness (QED) is 0.764. The molecular weight excluding hydrogens is 169 g/mol. The second-order valence-corrected chi connectivity index (χ2v) is 3.97. The molecule has 0 amide bonds. The van der Waals surface area contributed by atoms with E-state index in [1.807, 2.05) is 7.05 Å². The zero-order chi connectivity index (χ0) is 10.1. The third-order valence-electron chi connectivity index (χ3n) is 1.96. The number of hydrogen-bond acceptors (Lipinski definition) is 2. The molecule has 0 radical (unpaired) electrons. The SMILES string of the molecule is Cn1ccc(CC(F)C(C)(C)N)n1. The Morgan fingerprint density at radius 2 is 2.31 bits per heavy atom. The summed E-state index contributed by atoms with van der Waals surface area (Å²) in [5.41, 5.74) is 5.57. The average Bonchev–Trinajstić information content (AvgIpc) is 2.33. The number of nitrogens with zero attached hydrogens (tertiary/aromatic N) is 2. The minimum Gasteiger partial charge on any atom is -0.323 e. The zero-order valence-corrected chi connectivity index (χ0v) is 8.29. The van der Waals surface area contributed by atoms with Gasteiger partial charge in [0.25, 0.3) is 0 Å². The van der Waals surface area contributed by atoms with Gasteiger partial charge in [0.05, 0.1) is 5.69 Å². The fourth-order valence-electron chi connectivity index (χ4n) is 1.02. The maximum atomic E-state index is 13.4. The van der Waals surface area contributed by atoms with E-state index in [-0.39, 0.29) is 6.42 Å². The Bertz CT molecular complexity index is 275. The average molecular weight is 185 g/mol. The minimum absolute atomic E-state index is 0.282. The molecule has 1 heterocycles. The minimum atomic E-state index is -1.05. The van der Waals surface area contributed by atoms with Crippen LogP contribution in [-0.4, -0.2) is 21.5 Å². The molecule has 0 saturated carbocycles. The van der Waals surface area contributed by atoms with Crippen LogP contribution in [0.25, 0.3) is 0 Å². The van der Waals surface area contributed by atoms with E-state index in [0.717, 1.165) is 5.69 Å². The number of rotatable bonds is 3. The number of halogens is 1. The number of alkyl halides is 1. The highest BCUT2D eigenvalue weighted by Gasteiger charge is 2.25. The number of aromatic nitrogens is 2. The predicted molar refractivity (Wildman–Crippen MR) is 50.1 cm³/mol. The van der Waals surface area contributed by atoms with Crippen LogP contribution in [0.1, 0.15) is 19.5 Å². The molecule has 3 nitrogen and oxygen atoms in total. The Hall–Kier alpha value is -0.900. The molecule has 2 N–H and O–H groups in total. The van der Waals surface area contributed by atoms with Crippen molar-refractivity contribution in [1.29, 1.82) is 0 Å². The number of hydrogen-bond donors (Lipinski definition) is 1. The Morgan fingerprint density at radius 3 is 2.69 bits per heavy atom. The van der Waals surface area contributed by atoms with Gasteiger partial charge in [0.15, 0.2) is 0 Å². The second-order valence-electron chi connectivity index (χ2n) is 3.97. The first kappa shape index (κ1) is 10.2. The smallest absolute Gasteiger partial charge is 0.123 e. The summed E-state index contributed by atoms with van der Waals surface area (Å²) < 4.78 is 15.1. The Balaban J connectivity index is 2.60. The third kappa shape index (κ3) is 2.81. The zero-order valence-electron chi connectivity index (χ0n) is 8.29. The van der Waals surface area contributed by atoms with Gasteiger partial charge in [0, 0.05) is 25.2 Å². The Kier molecular flexibility index (Phi) is 2.71. The molecule has 0 fully saturated rings. The second kappa shape index (κ2) is 3.46. The van der Waals surface area contributed by atoms with Crippen LogP contribution in [0.2, 0.25) is 0 Å². The Morgan fingerprint density at radius 1 is 1.69 bits per heavy atom. The van der Waals surface area contributed by atoms with Crippen LogP contribution >= 0.6 is 0 Å². The molecular formula is C9H16FN3. The van der Waals surface area contributed by atoms with Crippen molar-refractivity contribution < 1.29 is 4.39 Å². The summed E-state index contributed by atoms with van der Waals surface area (Å²) in [4.78, 5) is 0. The fourth-order valence-corrected chi connectivity index (χ4v) is 1.02. The largest absolute Gasteiger partial charge is 0.323 e. The molecule has 1 rings (SSSR count). The van der Waals surface area contributed by atoms with E-state index in [4.69, 9.17) is 5.73 Å². The van der Waals surface area contributed by atoms with Crippen LogP contribution in [0.4, 0.5) is 4.39 Å². The van der Waals surface area contributed by atoms with Crippen LogP contribution in [0.3, 0.4) is 0 Å². The summed E-state index contributed by atoms with van der Waals surface area (Å²) in [6.45, 7) is 3.36. The molecule has 0 aliphatic carbocycles. The van der Waals surface area contributed by atoms with Gasteiger partial charge in [0.2, 0.25) is 0 Å². The topological polar surface area (TPSA) is 43.8 Å². The molecule has 1 atom stereocenters. The van der Waals surface area contributed by atoms with E-state index in [0.29, 0.717) is 0 Å². The highest BCUT2D eigenvalue weighted by Crippen LogP contribution is 2.14. The van der Waals surface area contributed by atoms with Crippen molar-refractivity contribution in [3.63, 3.8) is 0 Å². The van der Waals surface area contributed by atoms with E-state index in [1.165, 1.54) is 0 Å². The van der Waals surface area contributed by atoms with Gasteiger partial charge in [-0.15, -0.1) is 0 Å². The van der Waals surface area contributed by atoms with Gasteiger partial charge in [-0.05, 0) is 19.9 Å². The molecule has 0 aliphatic rings. The van der Waals surface area contributed by atoms with E-state index in [1.54, 1.807) is 30.8 Å². The van der Waals surface area contributed by atoms with E-state index in [2.05, 4.69) is 5.10 Å². The maximum Gasteiger partial charge on any atom is 0.123 e. The first-order chi connectivity index (χ1) is 5.89. The number of aryl methyl sites for hydroxylation is 1. The number of nitrogens with two attached hydrogens (primary N) is 1. The molecule has 13 heavy (non-hydrogen) atoms. The van der Waals surface area contributed by atoms with E-state index in [9.17, 15) is 4.39 Å². The normalized spacial score (nSPS) is 14.5. The summed E-state index contributed by atoms with van der Waals surface area (Å²) in [7, 11) is 1.81. The van der Waals surface area contributed by atoms with Crippen molar-refractivity contribution in [1.82, 2.24) is 9.78 Å². The molecule has 1 aromatic heterocycles. The molecule has 0 bridgehead atoms. The van der Waals surface area contributed by atoms with Crippen molar-refractivity contribution in [2.45, 2.75) is 32.0 Å². The summed E-state index contributed by atoms with van der Waals surface area (Å²) in [6.07, 6.45) is 1.03. The molecule has 74 valence electrons. The van der Waals surface area contributed by atoms with Gasteiger partial charge in [0.1, 0.15) is 6.17 Å². The molecule has 1 unspecified atom stereocenters. The Labute approximate surface area is 77.7 Å². The van der Waals surface area contributed by atoms with Crippen molar-refractivity contribution in [3.8, 4) is 0 Å². The first-order valence-corrected chi connectivity index (χ1v) is 4.31. The highest BCUT2D eigenvalue weighted by molar-refractivity contribution is 5.03. The van der Waals surface area contributed by atoms with Crippen molar-refractivity contribution in [3.05, 3.63) is 18.0 Å². The summed E-state index contributed by atoms with van der Waals surface area (Å²) in [5.74, 6) is 0. The molecule has 0 aliphatic heterocycles. The van der Waals surface area contributed by atoms with Crippen molar-refractivity contribution in [2.75, 3.05) is 0 Å². The van der Waals surface area contributed by atoms with Crippen LogP contribution in [-0.2, 0) is 13.5 Å². The molecule has 0 spiro atoms. The van der Waals surface area contributed by atoms with Gasteiger partial charge < -0.3 is 5.73 Å². The summed E-state index contributed by atoms with van der Waals surface area (Å²) >= 11 is 0. The van der Waals surface area contributed by atoms with Gasteiger partial charge in [-0.2, -0.15) is 5.10 Å². The van der Waals surface area contributed by atoms with Gasteiger partial charge in [-0.25, -0.2) is 4.39 Å². The molecule has 0 saturated heterocycles. The fraction of sp³-hybridized carbons (Fsp3) is 0.667. The lowest BCUT2D eigenvalue weighted by atomic mass is 9.96. The highest BCUT2D eigenvalue weighted by atomic mass is 19.1. The van der Waals surface area contributed by atoms with Crippen molar-refractivity contribution >= 4 is 0 Å². The van der Waals surface area contributed by atoms with Gasteiger partial charge in [-0.3, -0.25) is 4.68 Å². The van der Waals surface area contributed by atoms with Crippen LogP contribution < -0.4 is 5.73 Å². The van der Waals surface area contributed by atoms with Crippen LogP contribution in [0.15, 0.2) is 12.3 Å². The summed E-state index contributed by atoms with van der Waals surface area (Å²) in [6, 6.07) is 1.80. The monoisotopic (exact) mass is 185 g/mol. The van der Waals surface area contributed by atoms with Gasteiger partial charge >= 0.3 is 0 Å².